The number of benzene rings is 1. The van der Waals surface area contributed by atoms with Gasteiger partial charge >= 0.3 is 0 Å². The lowest BCUT2D eigenvalue weighted by Gasteiger charge is -2.52. The summed E-state index contributed by atoms with van der Waals surface area (Å²) in [5.41, 5.74) is 6.88. The van der Waals surface area contributed by atoms with Crippen molar-refractivity contribution in [2.45, 2.75) is 39.3 Å². The van der Waals surface area contributed by atoms with Crippen molar-refractivity contribution in [3.8, 4) is 0 Å². The Morgan fingerprint density at radius 2 is 2.21 bits per heavy atom. The van der Waals surface area contributed by atoms with Crippen molar-refractivity contribution in [1.29, 1.82) is 0 Å². The van der Waals surface area contributed by atoms with Gasteiger partial charge in [0, 0.05) is 24.1 Å². The van der Waals surface area contributed by atoms with Gasteiger partial charge in [0.2, 0.25) is 0 Å². The van der Waals surface area contributed by atoms with E-state index in [4.69, 9.17) is 22.1 Å². The number of nitrogens with two attached hydrogens (primary N) is 1. The van der Waals surface area contributed by atoms with Crippen LogP contribution in [0.15, 0.2) is 12.1 Å². The molecule has 0 aliphatic heterocycles. The second kappa shape index (κ2) is 5.17. The van der Waals surface area contributed by atoms with E-state index < -0.39 is 5.82 Å². The fraction of sp³-hybridized carbons (Fsp3) is 0.571. The molecule has 2 unspecified atom stereocenters. The Kier molecular flexibility index (Phi) is 3.92. The molecule has 2 rings (SSSR count). The van der Waals surface area contributed by atoms with Crippen LogP contribution in [0.3, 0.4) is 0 Å². The monoisotopic (exact) mass is 286 g/mol. The summed E-state index contributed by atoms with van der Waals surface area (Å²) in [4.78, 5) is 0. The molecule has 0 bridgehead atoms. The highest BCUT2D eigenvalue weighted by Gasteiger charge is 2.49. The minimum absolute atomic E-state index is 0.0172. The molecule has 19 heavy (non-hydrogen) atoms. The van der Waals surface area contributed by atoms with E-state index in [1.807, 2.05) is 6.92 Å². The molecule has 0 amide bonds. The molecule has 1 aromatic carbocycles. The van der Waals surface area contributed by atoms with Crippen molar-refractivity contribution >= 4 is 23.0 Å². The molecule has 0 aromatic heterocycles. The Morgan fingerprint density at radius 3 is 2.79 bits per heavy atom. The van der Waals surface area contributed by atoms with E-state index in [1.54, 1.807) is 0 Å². The molecule has 106 valence electrons. The zero-order valence-electron chi connectivity index (χ0n) is 11.5. The van der Waals surface area contributed by atoms with E-state index in [0.717, 1.165) is 6.42 Å². The predicted octanol–water partition coefficient (Wildman–Crippen LogP) is 3.68. The number of hydrogen-bond donors (Lipinski definition) is 2. The van der Waals surface area contributed by atoms with Crippen LogP contribution in [0.5, 0.6) is 0 Å². The van der Waals surface area contributed by atoms with Crippen molar-refractivity contribution in [2.75, 3.05) is 17.7 Å². The van der Waals surface area contributed by atoms with Gasteiger partial charge in [-0.3, -0.25) is 0 Å². The van der Waals surface area contributed by atoms with E-state index in [2.05, 4.69) is 19.2 Å². The Hall–Kier alpha value is -1.00. The molecule has 1 aliphatic rings. The molecule has 1 saturated carbocycles. The topological polar surface area (TPSA) is 47.3 Å². The minimum atomic E-state index is -0.496. The van der Waals surface area contributed by atoms with Crippen LogP contribution in [0.25, 0.3) is 0 Å². The Balaban J connectivity index is 2.09. The van der Waals surface area contributed by atoms with E-state index in [-0.39, 0.29) is 22.6 Å². The van der Waals surface area contributed by atoms with Crippen molar-refractivity contribution in [3.63, 3.8) is 0 Å². The molecule has 1 aliphatic carbocycles. The molecule has 3 nitrogen and oxygen atoms in total. The first kappa shape index (κ1) is 14.4. The maximum absolute atomic E-state index is 13.2. The highest BCUT2D eigenvalue weighted by Crippen LogP contribution is 2.45. The van der Waals surface area contributed by atoms with Crippen LogP contribution in [0.1, 0.15) is 27.2 Å². The van der Waals surface area contributed by atoms with Crippen LogP contribution in [-0.2, 0) is 4.74 Å². The summed E-state index contributed by atoms with van der Waals surface area (Å²) in [5, 5.41) is 3.42. The first-order chi connectivity index (χ1) is 8.86. The standard InChI is InChI=1S/C14H20ClFN2O/c1-4-19-13-7-12(14(13,2)3)18-11-5-8(15)9(16)6-10(11)17/h5-6,12-13,18H,4,7,17H2,1-3H3. The SMILES string of the molecule is CCOC1CC(Nc2cc(Cl)c(F)cc2N)C1(C)C. The summed E-state index contributed by atoms with van der Waals surface area (Å²) in [6.45, 7) is 7.01. The number of rotatable bonds is 4. The van der Waals surface area contributed by atoms with Crippen LogP contribution in [0.2, 0.25) is 5.02 Å². The fourth-order valence-electron chi connectivity index (χ4n) is 2.49. The maximum Gasteiger partial charge on any atom is 0.143 e. The zero-order chi connectivity index (χ0) is 14.2. The Labute approximate surface area is 118 Å². The summed E-state index contributed by atoms with van der Waals surface area (Å²) < 4.78 is 18.9. The lowest BCUT2D eigenvalue weighted by atomic mass is 9.64. The third-order valence-corrected chi connectivity index (χ3v) is 4.26. The third-order valence-electron chi connectivity index (χ3n) is 3.97. The summed E-state index contributed by atoms with van der Waals surface area (Å²) in [7, 11) is 0. The Morgan fingerprint density at radius 1 is 1.53 bits per heavy atom. The molecule has 0 heterocycles. The highest BCUT2D eigenvalue weighted by molar-refractivity contribution is 6.31. The van der Waals surface area contributed by atoms with Crippen LogP contribution < -0.4 is 11.1 Å². The van der Waals surface area contributed by atoms with Gasteiger partial charge in [0.25, 0.3) is 0 Å². The van der Waals surface area contributed by atoms with Gasteiger partial charge < -0.3 is 15.8 Å². The van der Waals surface area contributed by atoms with Gasteiger partial charge in [-0.2, -0.15) is 0 Å². The van der Waals surface area contributed by atoms with Gasteiger partial charge in [0.1, 0.15) is 5.82 Å². The van der Waals surface area contributed by atoms with E-state index in [1.165, 1.54) is 12.1 Å². The lowest BCUT2D eigenvalue weighted by molar-refractivity contribution is -0.0975. The summed E-state index contributed by atoms with van der Waals surface area (Å²) >= 11 is 5.78. The average Bonchev–Trinajstić information content (AvgIpc) is 2.34. The first-order valence-electron chi connectivity index (χ1n) is 6.49. The van der Waals surface area contributed by atoms with Gasteiger partial charge in [0.15, 0.2) is 0 Å². The maximum atomic E-state index is 13.2. The van der Waals surface area contributed by atoms with Gasteiger partial charge in [-0.05, 0) is 19.4 Å². The first-order valence-corrected chi connectivity index (χ1v) is 6.86. The molecule has 0 saturated heterocycles. The molecule has 1 fully saturated rings. The normalized spacial score (nSPS) is 24.9. The summed E-state index contributed by atoms with van der Waals surface area (Å²) in [6.07, 6.45) is 1.15. The number of hydrogen-bond acceptors (Lipinski definition) is 3. The van der Waals surface area contributed by atoms with Gasteiger partial charge in [0.05, 0.1) is 22.5 Å². The molecule has 2 atom stereocenters. The molecule has 3 N–H and O–H groups in total. The number of ether oxygens (including phenoxy) is 1. The smallest absolute Gasteiger partial charge is 0.143 e. The number of anilines is 2. The predicted molar refractivity (Wildman–Crippen MR) is 77.0 cm³/mol. The summed E-state index contributed by atoms with van der Waals surface area (Å²) in [6, 6.07) is 3.03. The second-order valence-electron chi connectivity index (χ2n) is 5.55. The highest BCUT2D eigenvalue weighted by atomic mass is 35.5. The fourth-order valence-corrected chi connectivity index (χ4v) is 2.65. The minimum Gasteiger partial charge on any atom is -0.397 e. The van der Waals surface area contributed by atoms with Crippen LogP contribution >= 0.6 is 11.6 Å². The van der Waals surface area contributed by atoms with Gasteiger partial charge in [-0.15, -0.1) is 0 Å². The van der Waals surface area contributed by atoms with Crippen molar-refractivity contribution in [1.82, 2.24) is 0 Å². The number of nitrogen functional groups attached to an aromatic ring is 1. The van der Waals surface area contributed by atoms with E-state index >= 15 is 0 Å². The van der Waals surface area contributed by atoms with Crippen molar-refractivity contribution < 1.29 is 9.13 Å². The van der Waals surface area contributed by atoms with Gasteiger partial charge in [-0.25, -0.2) is 4.39 Å². The molecule has 5 heteroatoms. The lowest BCUT2D eigenvalue weighted by Crippen LogP contribution is -2.58. The second-order valence-corrected chi connectivity index (χ2v) is 5.96. The van der Waals surface area contributed by atoms with Crippen LogP contribution in [0.4, 0.5) is 15.8 Å². The average molecular weight is 287 g/mol. The largest absolute Gasteiger partial charge is 0.397 e. The Bertz CT molecular complexity index is 479. The molecular weight excluding hydrogens is 267 g/mol. The van der Waals surface area contributed by atoms with E-state index in [9.17, 15) is 4.39 Å². The van der Waals surface area contributed by atoms with Gasteiger partial charge in [-0.1, -0.05) is 25.4 Å². The quantitative estimate of drug-likeness (QED) is 0.830. The number of halogens is 2. The molecule has 1 aromatic rings. The third kappa shape index (κ3) is 2.65. The molecule has 0 spiro atoms. The van der Waals surface area contributed by atoms with E-state index in [0.29, 0.717) is 18.0 Å². The molecular formula is C14H20ClFN2O. The van der Waals surface area contributed by atoms with Crippen molar-refractivity contribution in [3.05, 3.63) is 23.0 Å². The van der Waals surface area contributed by atoms with Crippen LogP contribution in [-0.4, -0.2) is 18.8 Å². The number of nitrogens with one attached hydrogen (secondary N) is 1. The summed E-state index contributed by atoms with van der Waals surface area (Å²) in [5.74, 6) is -0.496. The van der Waals surface area contributed by atoms with Crippen LogP contribution in [0, 0.1) is 11.2 Å². The van der Waals surface area contributed by atoms with Crippen molar-refractivity contribution in [2.24, 2.45) is 5.41 Å². The molecule has 0 radical (unpaired) electrons. The zero-order valence-corrected chi connectivity index (χ0v) is 12.2.